The van der Waals surface area contributed by atoms with E-state index in [1.165, 1.54) is 11.6 Å². The van der Waals surface area contributed by atoms with Crippen molar-refractivity contribution in [1.82, 2.24) is 9.55 Å². The van der Waals surface area contributed by atoms with Crippen molar-refractivity contribution < 1.29 is 13.2 Å². The first kappa shape index (κ1) is 13.4. The quantitative estimate of drug-likeness (QED) is 0.747. The molecule has 0 aliphatic carbocycles. The SMILES string of the molecule is Cn1cc(C(F)(F)F)nc1-c1cc(Br)ccc1Cl. The van der Waals surface area contributed by atoms with Crippen LogP contribution in [0.25, 0.3) is 11.4 Å². The number of hydrogen-bond acceptors (Lipinski definition) is 1. The second-order valence-corrected chi connectivity index (χ2v) is 5.01. The Bertz CT molecular complexity index is 592. The van der Waals surface area contributed by atoms with E-state index in [4.69, 9.17) is 11.6 Å². The predicted molar refractivity (Wildman–Crippen MR) is 66.4 cm³/mol. The van der Waals surface area contributed by atoms with E-state index in [1.54, 1.807) is 18.2 Å². The Morgan fingerprint density at radius 1 is 1.33 bits per heavy atom. The zero-order valence-corrected chi connectivity index (χ0v) is 11.4. The fraction of sp³-hybridized carbons (Fsp3) is 0.182. The van der Waals surface area contributed by atoms with Crippen molar-refractivity contribution in [3.8, 4) is 11.4 Å². The number of benzene rings is 1. The molecule has 0 fully saturated rings. The van der Waals surface area contributed by atoms with Gasteiger partial charge in [0.05, 0.1) is 5.02 Å². The summed E-state index contributed by atoms with van der Waals surface area (Å²) in [6, 6.07) is 4.94. The molecule has 7 heteroatoms. The summed E-state index contributed by atoms with van der Waals surface area (Å²) >= 11 is 9.22. The third-order valence-electron chi connectivity index (χ3n) is 2.34. The molecule has 0 bridgehead atoms. The lowest BCUT2D eigenvalue weighted by molar-refractivity contribution is -0.140. The summed E-state index contributed by atoms with van der Waals surface area (Å²) in [5.74, 6) is 0.175. The standard InChI is InChI=1S/C11H7BrClF3N2/c1-18-5-9(11(14,15)16)17-10(18)7-4-6(12)2-3-8(7)13/h2-5H,1H3. The summed E-state index contributed by atoms with van der Waals surface area (Å²) in [6.07, 6.45) is -3.53. The van der Waals surface area contributed by atoms with E-state index >= 15 is 0 Å². The molecule has 0 saturated carbocycles. The van der Waals surface area contributed by atoms with Crippen LogP contribution in [0.15, 0.2) is 28.9 Å². The van der Waals surface area contributed by atoms with Crippen LogP contribution in [-0.2, 0) is 13.2 Å². The monoisotopic (exact) mass is 338 g/mol. The highest BCUT2D eigenvalue weighted by Gasteiger charge is 2.34. The molecule has 0 N–H and O–H groups in total. The summed E-state index contributed by atoms with van der Waals surface area (Å²) in [6.45, 7) is 0. The molecule has 0 atom stereocenters. The van der Waals surface area contributed by atoms with Crippen molar-refractivity contribution in [2.24, 2.45) is 7.05 Å². The first-order valence-corrected chi connectivity index (χ1v) is 6.02. The molecule has 1 aromatic heterocycles. The molecule has 2 nitrogen and oxygen atoms in total. The van der Waals surface area contributed by atoms with Crippen molar-refractivity contribution in [3.63, 3.8) is 0 Å². The van der Waals surface area contributed by atoms with Crippen LogP contribution in [0.5, 0.6) is 0 Å². The number of imidazole rings is 1. The molecule has 0 unspecified atom stereocenters. The number of rotatable bonds is 1. The van der Waals surface area contributed by atoms with Crippen LogP contribution in [0, 0.1) is 0 Å². The van der Waals surface area contributed by atoms with Crippen LogP contribution >= 0.6 is 27.5 Å². The minimum atomic E-state index is -4.46. The Hall–Kier alpha value is -1.01. The Morgan fingerprint density at radius 3 is 2.56 bits per heavy atom. The third kappa shape index (κ3) is 2.54. The second-order valence-electron chi connectivity index (χ2n) is 3.68. The minimum Gasteiger partial charge on any atom is -0.333 e. The molecule has 0 spiro atoms. The molecular formula is C11H7BrClF3N2. The summed E-state index contributed by atoms with van der Waals surface area (Å²) in [4.78, 5) is 3.59. The van der Waals surface area contributed by atoms with Gasteiger partial charge in [0.15, 0.2) is 5.69 Å². The second kappa shape index (κ2) is 4.59. The Kier molecular flexibility index (Phi) is 3.42. The van der Waals surface area contributed by atoms with Gasteiger partial charge in [0, 0.05) is 23.3 Å². The van der Waals surface area contributed by atoms with E-state index in [0.29, 0.717) is 10.6 Å². The lowest BCUT2D eigenvalue weighted by Gasteiger charge is -2.04. The summed E-state index contributed by atoms with van der Waals surface area (Å²) in [7, 11) is 1.49. The molecule has 0 aliphatic heterocycles. The van der Waals surface area contributed by atoms with Crippen molar-refractivity contribution in [1.29, 1.82) is 0 Å². The number of alkyl halides is 3. The molecule has 0 saturated heterocycles. The van der Waals surface area contributed by atoms with Gasteiger partial charge in [-0.25, -0.2) is 4.98 Å². The molecule has 0 amide bonds. The summed E-state index contributed by atoms with van der Waals surface area (Å²) in [5, 5.41) is 0.348. The normalized spacial score (nSPS) is 11.9. The fourth-order valence-electron chi connectivity index (χ4n) is 1.52. The Labute approximate surface area is 115 Å². The lowest BCUT2D eigenvalue weighted by Crippen LogP contribution is -2.04. The van der Waals surface area contributed by atoms with Gasteiger partial charge in [-0.1, -0.05) is 27.5 Å². The van der Waals surface area contributed by atoms with Gasteiger partial charge in [-0.2, -0.15) is 13.2 Å². The minimum absolute atomic E-state index is 0.175. The molecule has 0 radical (unpaired) electrons. The number of aryl methyl sites for hydroxylation is 1. The molecule has 1 aromatic carbocycles. The van der Waals surface area contributed by atoms with Crippen LogP contribution < -0.4 is 0 Å². The first-order valence-electron chi connectivity index (χ1n) is 4.85. The zero-order valence-electron chi connectivity index (χ0n) is 9.09. The largest absolute Gasteiger partial charge is 0.434 e. The Balaban J connectivity index is 2.58. The molecule has 2 rings (SSSR count). The molecule has 1 heterocycles. The van der Waals surface area contributed by atoms with Gasteiger partial charge < -0.3 is 4.57 Å². The van der Waals surface area contributed by atoms with Crippen molar-refractivity contribution in [2.75, 3.05) is 0 Å². The van der Waals surface area contributed by atoms with E-state index in [-0.39, 0.29) is 5.82 Å². The van der Waals surface area contributed by atoms with Crippen LogP contribution in [0.4, 0.5) is 13.2 Å². The van der Waals surface area contributed by atoms with E-state index < -0.39 is 11.9 Å². The molecule has 18 heavy (non-hydrogen) atoms. The molecule has 96 valence electrons. The van der Waals surface area contributed by atoms with Gasteiger partial charge in [-0.3, -0.25) is 0 Å². The van der Waals surface area contributed by atoms with Gasteiger partial charge in [0.25, 0.3) is 0 Å². The van der Waals surface area contributed by atoms with Crippen LogP contribution in [0.2, 0.25) is 5.02 Å². The topological polar surface area (TPSA) is 17.8 Å². The highest BCUT2D eigenvalue weighted by atomic mass is 79.9. The van der Waals surface area contributed by atoms with Gasteiger partial charge >= 0.3 is 6.18 Å². The van der Waals surface area contributed by atoms with Gasteiger partial charge in [-0.05, 0) is 18.2 Å². The number of nitrogens with zero attached hydrogens (tertiary/aromatic N) is 2. The number of hydrogen-bond donors (Lipinski definition) is 0. The van der Waals surface area contributed by atoms with Crippen molar-refractivity contribution >= 4 is 27.5 Å². The maximum Gasteiger partial charge on any atom is 0.434 e. The van der Waals surface area contributed by atoms with Gasteiger partial charge in [0.2, 0.25) is 0 Å². The first-order chi connectivity index (χ1) is 8.29. The van der Waals surface area contributed by atoms with E-state index in [0.717, 1.165) is 10.7 Å². The third-order valence-corrected chi connectivity index (χ3v) is 3.16. The highest BCUT2D eigenvalue weighted by Crippen LogP contribution is 2.34. The summed E-state index contributed by atoms with van der Waals surface area (Å²) < 4.78 is 39.7. The van der Waals surface area contributed by atoms with Crippen LogP contribution in [0.3, 0.4) is 0 Å². The highest BCUT2D eigenvalue weighted by molar-refractivity contribution is 9.10. The van der Waals surface area contributed by atoms with Crippen molar-refractivity contribution in [3.05, 3.63) is 39.6 Å². The van der Waals surface area contributed by atoms with Gasteiger partial charge in [0.1, 0.15) is 5.82 Å². The molecular weight excluding hydrogens is 332 g/mol. The smallest absolute Gasteiger partial charge is 0.333 e. The molecule has 2 aromatic rings. The predicted octanol–water partition coefficient (Wildman–Crippen LogP) is 4.52. The fourth-order valence-corrected chi connectivity index (χ4v) is 2.09. The van der Waals surface area contributed by atoms with E-state index in [9.17, 15) is 13.2 Å². The lowest BCUT2D eigenvalue weighted by atomic mass is 10.2. The molecule has 0 aliphatic rings. The Morgan fingerprint density at radius 2 is 2.00 bits per heavy atom. The van der Waals surface area contributed by atoms with E-state index in [2.05, 4.69) is 20.9 Å². The van der Waals surface area contributed by atoms with E-state index in [1.807, 2.05) is 0 Å². The number of halogens is 5. The maximum atomic E-state index is 12.6. The average molecular weight is 340 g/mol. The summed E-state index contributed by atoms with van der Waals surface area (Å²) in [5.41, 5.74) is -0.486. The average Bonchev–Trinajstić information content (AvgIpc) is 2.64. The maximum absolute atomic E-state index is 12.6. The van der Waals surface area contributed by atoms with Crippen LogP contribution in [-0.4, -0.2) is 9.55 Å². The van der Waals surface area contributed by atoms with Crippen LogP contribution in [0.1, 0.15) is 5.69 Å². The zero-order chi connectivity index (χ0) is 13.5. The number of aromatic nitrogens is 2. The van der Waals surface area contributed by atoms with Crippen molar-refractivity contribution in [2.45, 2.75) is 6.18 Å². The van der Waals surface area contributed by atoms with Gasteiger partial charge in [-0.15, -0.1) is 0 Å².